The molecule has 0 spiro atoms. The van der Waals surface area contributed by atoms with Crippen LogP contribution in [0.3, 0.4) is 0 Å². The molecule has 1 aliphatic heterocycles. The van der Waals surface area contributed by atoms with E-state index in [1.165, 1.54) is 36.4 Å². The second-order valence-electron chi connectivity index (χ2n) is 11.0. The zero-order valence-corrected chi connectivity index (χ0v) is 26.7. The molecular formula is C32H25Br2ClN2O6. The number of nitrogens with zero attached hydrogens (tertiary/aromatic N) is 2. The fourth-order valence-corrected chi connectivity index (χ4v) is 8.46. The molecule has 2 bridgehead atoms. The molecule has 2 aliphatic carbocycles. The van der Waals surface area contributed by atoms with Crippen molar-refractivity contribution in [3.8, 4) is 5.75 Å². The maximum Gasteiger partial charge on any atom is 0.343 e. The Labute approximate surface area is 269 Å². The number of amides is 3. The Morgan fingerprint density at radius 2 is 1.42 bits per heavy atom. The highest BCUT2D eigenvalue weighted by atomic mass is 79.9. The lowest BCUT2D eigenvalue weighted by Gasteiger charge is -2.31. The summed E-state index contributed by atoms with van der Waals surface area (Å²) in [5.74, 6) is -3.82. The van der Waals surface area contributed by atoms with Gasteiger partial charge in [-0.15, -0.1) is 0 Å². The molecule has 2 saturated carbocycles. The molecule has 8 nitrogen and oxygen atoms in total. The minimum Gasteiger partial charge on any atom is -0.423 e. The summed E-state index contributed by atoms with van der Waals surface area (Å²) in [6.07, 6.45) is 0.727. The average molecular weight is 729 g/mol. The van der Waals surface area contributed by atoms with Crippen LogP contribution in [0, 0.1) is 30.6 Å². The highest BCUT2D eigenvalue weighted by Crippen LogP contribution is 2.60. The zero-order valence-electron chi connectivity index (χ0n) is 22.8. The molecular weight excluding hydrogens is 704 g/mol. The van der Waals surface area contributed by atoms with Gasteiger partial charge in [0.1, 0.15) is 12.3 Å². The molecule has 1 heterocycles. The Bertz CT molecular complexity index is 1610. The molecule has 3 aromatic rings. The number of imide groups is 1. The Morgan fingerprint density at radius 1 is 0.860 bits per heavy atom. The molecule has 6 rings (SSSR count). The number of aryl methyl sites for hydroxylation is 1. The summed E-state index contributed by atoms with van der Waals surface area (Å²) in [7, 11) is 0. The monoisotopic (exact) mass is 726 g/mol. The van der Waals surface area contributed by atoms with Gasteiger partial charge in [-0.3, -0.25) is 19.2 Å². The molecule has 6 atom stereocenters. The van der Waals surface area contributed by atoms with Crippen molar-refractivity contribution in [2.24, 2.45) is 23.7 Å². The SMILES string of the molecule is Cc1ccc(C(=O)Oc2ccc(C(=O)CN(C(=O)c3ccccc3Cl)N3C(=O)[C@@H]4[C@H]5C[C@@H]([C@@H](Br)[C@H]5Br)[C@H]4C3=O)cc2)cc1. The highest BCUT2D eigenvalue weighted by Gasteiger charge is 2.67. The van der Waals surface area contributed by atoms with E-state index in [1.54, 1.807) is 36.4 Å². The van der Waals surface area contributed by atoms with Gasteiger partial charge in [-0.05, 0) is 73.7 Å². The van der Waals surface area contributed by atoms with Gasteiger partial charge >= 0.3 is 5.97 Å². The van der Waals surface area contributed by atoms with Gasteiger partial charge in [0.25, 0.3) is 17.7 Å². The van der Waals surface area contributed by atoms with Crippen molar-refractivity contribution < 1.29 is 28.7 Å². The molecule has 3 fully saturated rings. The maximum atomic E-state index is 13.8. The second kappa shape index (κ2) is 11.6. The number of halogens is 3. The average Bonchev–Trinajstić information content (AvgIpc) is 3.61. The number of hydrogen-bond acceptors (Lipinski definition) is 6. The molecule has 3 amide bonds. The summed E-state index contributed by atoms with van der Waals surface area (Å²) >= 11 is 13.7. The molecule has 3 aromatic carbocycles. The minimum absolute atomic E-state index is 0.0171. The molecule has 0 radical (unpaired) electrons. The first-order valence-corrected chi connectivity index (χ1v) is 15.9. The summed E-state index contributed by atoms with van der Waals surface area (Å²) in [6, 6.07) is 19.1. The van der Waals surface area contributed by atoms with Crippen molar-refractivity contribution >= 4 is 72.9 Å². The number of ether oxygens (including phenoxy) is 1. The van der Waals surface area contributed by atoms with Gasteiger partial charge in [-0.2, -0.15) is 5.01 Å². The Hall–Kier alpha value is -3.34. The standard InChI is InChI=1S/C32H25Br2ClN2O6/c1-16-6-8-18(9-7-16)32(42)43-19-12-10-17(11-13-19)24(38)15-36(29(39)20-4-2-3-5-23(20)35)37-30(40)25-21-14-22(26(25)31(37)41)28(34)27(21)33/h2-13,21-22,25-28H,14-15H2,1H3/t21-,22-,25-,26-,27-,28+/m1/s1. The number of carbonyl (C=O) groups is 5. The number of fused-ring (bicyclic) bond motifs is 5. The lowest BCUT2D eigenvalue weighted by atomic mass is 9.81. The van der Waals surface area contributed by atoms with Gasteiger partial charge in [0, 0.05) is 15.2 Å². The number of alkyl halides is 2. The summed E-state index contributed by atoms with van der Waals surface area (Å²) in [5, 5.41) is 1.91. The van der Waals surface area contributed by atoms with Crippen LogP contribution < -0.4 is 4.74 Å². The third-order valence-electron chi connectivity index (χ3n) is 8.51. The number of ketones is 1. The number of esters is 1. The molecule has 0 aromatic heterocycles. The van der Waals surface area contributed by atoms with Crippen LogP contribution in [0.1, 0.15) is 43.1 Å². The van der Waals surface area contributed by atoms with Crippen LogP contribution in [0.5, 0.6) is 5.75 Å². The quantitative estimate of drug-likeness (QED) is 0.0991. The fraction of sp³-hybridized carbons (Fsp3) is 0.281. The Kier molecular flexibility index (Phi) is 8.04. The Balaban J connectivity index is 1.25. The molecule has 3 aliphatic rings. The summed E-state index contributed by atoms with van der Waals surface area (Å²) in [4.78, 5) is 67.5. The van der Waals surface area contributed by atoms with Crippen LogP contribution in [-0.4, -0.2) is 55.7 Å². The van der Waals surface area contributed by atoms with Crippen molar-refractivity contribution in [2.75, 3.05) is 6.54 Å². The van der Waals surface area contributed by atoms with E-state index in [9.17, 15) is 24.0 Å². The predicted molar refractivity (Wildman–Crippen MR) is 165 cm³/mol. The van der Waals surface area contributed by atoms with E-state index in [2.05, 4.69) is 31.9 Å². The number of hydrazine groups is 1. The normalized spacial score (nSPS) is 25.5. The summed E-state index contributed by atoms with van der Waals surface area (Å²) in [5.41, 5.74) is 1.66. The first-order chi connectivity index (χ1) is 20.6. The van der Waals surface area contributed by atoms with E-state index in [0.717, 1.165) is 22.0 Å². The molecule has 0 unspecified atom stereocenters. The second-order valence-corrected chi connectivity index (χ2v) is 13.6. The lowest BCUT2D eigenvalue weighted by Crippen LogP contribution is -2.52. The third kappa shape index (κ3) is 5.23. The topological polar surface area (TPSA) is 101 Å². The number of hydrogen-bond donors (Lipinski definition) is 0. The van der Waals surface area contributed by atoms with Crippen LogP contribution in [0.15, 0.2) is 72.8 Å². The van der Waals surface area contributed by atoms with E-state index in [4.69, 9.17) is 16.3 Å². The van der Waals surface area contributed by atoms with Crippen molar-refractivity contribution in [2.45, 2.75) is 23.0 Å². The van der Waals surface area contributed by atoms with Gasteiger partial charge in [0.05, 0.1) is 28.0 Å². The number of Topliss-reactive ketones (excluding diaryl/α,β-unsaturated/α-hetero) is 1. The number of carbonyl (C=O) groups excluding carboxylic acids is 5. The first kappa shape index (κ1) is 29.7. The van der Waals surface area contributed by atoms with E-state index in [-0.39, 0.29) is 43.4 Å². The van der Waals surface area contributed by atoms with E-state index >= 15 is 0 Å². The van der Waals surface area contributed by atoms with Crippen LogP contribution in [-0.2, 0) is 9.59 Å². The maximum absolute atomic E-state index is 13.8. The molecule has 0 N–H and O–H groups in total. The van der Waals surface area contributed by atoms with Crippen LogP contribution >= 0.6 is 43.5 Å². The summed E-state index contributed by atoms with van der Waals surface area (Å²) in [6.45, 7) is 1.34. The van der Waals surface area contributed by atoms with Gasteiger partial charge < -0.3 is 4.74 Å². The van der Waals surface area contributed by atoms with Gasteiger partial charge in [-0.25, -0.2) is 9.80 Å². The highest BCUT2D eigenvalue weighted by molar-refractivity contribution is 9.12. The van der Waals surface area contributed by atoms with E-state index < -0.39 is 47.9 Å². The molecule has 11 heteroatoms. The van der Waals surface area contributed by atoms with Crippen molar-refractivity contribution in [1.29, 1.82) is 0 Å². The van der Waals surface area contributed by atoms with Gasteiger partial charge in [0.15, 0.2) is 5.78 Å². The van der Waals surface area contributed by atoms with Crippen molar-refractivity contribution in [1.82, 2.24) is 10.0 Å². The molecule has 43 heavy (non-hydrogen) atoms. The zero-order chi connectivity index (χ0) is 30.6. The number of benzene rings is 3. The molecule has 1 saturated heterocycles. The van der Waals surface area contributed by atoms with Crippen molar-refractivity contribution in [3.05, 3.63) is 100 Å². The van der Waals surface area contributed by atoms with Crippen LogP contribution in [0.2, 0.25) is 5.02 Å². The van der Waals surface area contributed by atoms with Crippen molar-refractivity contribution in [3.63, 3.8) is 0 Å². The molecule has 220 valence electrons. The minimum atomic E-state index is -0.734. The Morgan fingerprint density at radius 3 is 2.00 bits per heavy atom. The predicted octanol–water partition coefficient (Wildman–Crippen LogP) is 5.89. The van der Waals surface area contributed by atoms with Crippen LogP contribution in [0.4, 0.5) is 0 Å². The van der Waals surface area contributed by atoms with Crippen LogP contribution in [0.25, 0.3) is 0 Å². The van der Waals surface area contributed by atoms with E-state index in [1.807, 2.05) is 6.92 Å². The smallest absolute Gasteiger partial charge is 0.343 e. The largest absolute Gasteiger partial charge is 0.423 e. The first-order valence-electron chi connectivity index (χ1n) is 13.7. The van der Waals surface area contributed by atoms with Gasteiger partial charge in [-0.1, -0.05) is 73.3 Å². The number of rotatable bonds is 7. The lowest BCUT2D eigenvalue weighted by molar-refractivity contribution is -0.154. The fourth-order valence-electron chi connectivity index (χ4n) is 6.37. The summed E-state index contributed by atoms with van der Waals surface area (Å²) < 4.78 is 5.43. The van der Waals surface area contributed by atoms with Gasteiger partial charge in [0.2, 0.25) is 0 Å². The third-order valence-corrected chi connectivity index (χ3v) is 12.0. The van der Waals surface area contributed by atoms with E-state index in [0.29, 0.717) is 5.56 Å².